The molecular formula is C21H23N3O2. The Morgan fingerprint density at radius 3 is 2.38 bits per heavy atom. The first-order chi connectivity index (χ1) is 12.6. The van der Waals surface area contributed by atoms with Crippen LogP contribution in [0.1, 0.15) is 28.2 Å². The smallest absolute Gasteiger partial charge is 0.251 e. The number of amides is 1. The van der Waals surface area contributed by atoms with Crippen molar-refractivity contribution in [3.05, 3.63) is 77.6 Å². The summed E-state index contributed by atoms with van der Waals surface area (Å²) in [7, 11) is 0. The second kappa shape index (κ2) is 8.34. The Labute approximate surface area is 153 Å². The molecule has 0 bridgehead atoms. The topological polar surface area (TPSA) is 56.2 Å². The van der Waals surface area contributed by atoms with E-state index in [2.05, 4.69) is 16.5 Å². The number of carbonyl (C=O) groups is 1. The minimum absolute atomic E-state index is 0.0790. The monoisotopic (exact) mass is 349 g/mol. The number of rotatable bonds is 7. The molecule has 5 nitrogen and oxygen atoms in total. The van der Waals surface area contributed by atoms with E-state index >= 15 is 0 Å². The Morgan fingerprint density at radius 2 is 1.73 bits per heavy atom. The van der Waals surface area contributed by atoms with Crippen LogP contribution in [-0.2, 0) is 6.54 Å². The molecule has 3 aromatic rings. The number of hydrogen-bond acceptors (Lipinski definition) is 3. The van der Waals surface area contributed by atoms with E-state index in [1.54, 1.807) is 24.3 Å². The molecule has 0 fully saturated rings. The van der Waals surface area contributed by atoms with Crippen LogP contribution in [0.2, 0.25) is 0 Å². The molecule has 1 amide bonds. The van der Waals surface area contributed by atoms with Crippen molar-refractivity contribution >= 4 is 5.91 Å². The highest BCUT2D eigenvalue weighted by molar-refractivity contribution is 5.94. The van der Waals surface area contributed by atoms with Gasteiger partial charge in [0.05, 0.1) is 5.69 Å². The summed E-state index contributed by atoms with van der Waals surface area (Å²) in [4.78, 5) is 12.2. The lowest BCUT2D eigenvalue weighted by Gasteiger charge is -2.08. The molecule has 5 heteroatoms. The molecule has 1 heterocycles. The van der Waals surface area contributed by atoms with Crippen molar-refractivity contribution in [1.82, 2.24) is 15.1 Å². The van der Waals surface area contributed by atoms with Crippen molar-refractivity contribution in [2.75, 3.05) is 6.54 Å². The van der Waals surface area contributed by atoms with Crippen LogP contribution < -0.4 is 10.1 Å². The van der Waals surface area contributed by atoms with E-state index in [0.29, 0.717) is 17.9 Å². The van der Waals surface area contributed by atoms with Gasteiger partial charge in [-0.25, -0.2) is 0 Å². The first kappa shape index (κ1) is 17.7. The molecule has 0 spiro atoms. The number of nitrogens with one attached hydrogen (secondary N) is 1. The molecule has 1 aromatic heterocycles. The third kappa shape index (κ3) is 4.72. The molecule has 2 aromatic carbocycles. The summed E-state index contributed by atoms with van der Waals surface area (Å²) >= 11 is 0. The fraction of sp³-hybridized carbons (Fsp3) is 0.238. The largest absolute Gasteiger partial charge is 0.457 e. The number of aryl methyl sites for hydroxylation is 3. The van der Waals surface area contributed by atoms with Gasteiger partial charge in [0.25, 0.3) is 5.91 Å². The molecule has 0 aliphatic heterocycles. The zero-order valence-corrected chi connectivity index (χ0v) is 15.1. The highest BCUT2D eigenvalue weighted by atomic mass is 16.5. The minimum atomic E-state index is -0.0790. The molecule has 0 aliphatic rings. The van der Waals surface area contributed by atoms with Crippen LogP contribution in [0.5, 0.6) is 11.5 Å². The van der Waals surface area contributed by atoms with Gasteiger partial charge in [-0.3, -0.25) is 9.48 Å². The van der Waals surface area contributed by atoms with E-state index in [-0.39, 0.29) is 5.91 Å². The van der Waals surface area contributed by atoms with E-state index < -0.39 is 0 Å². The quantitative estimate of drug-likeness (QED) is 0.653. The third-order valence-corrected chi connectivity index (χ3v) is 4.03. The molecule has 1 N–H and O–H groups in total. The van der Waals surface area contributed by atoms with Crippen molar-refractivity contribution in [2.45, 2.75) is 26.8 Å². The van der Waals surface area contributed by atoms with Crippen LogP contribution in [0.15, 0.2) is 60.7 Å². The Balaban J connectivity index is 1.46. The van der Waals surface area contributed by atoms with Gasteiger partial charge >= 0.3 is 0 Å². The van der Waals surface area contributed by atoms with Crippen LogP contribution in [0.3, 0.4) is 0 Å². The van der Waals surface area contributed by atoms with Gasteiger partial charge in [0.2, 0.25) is 0 Å². The predicted molar refractivity (Wildman–Crippen MR) is 102 cm³/mol. The second-order valence-electron chi connectivity index (χ2n) is 6.20. The van der Waals surface area contributed by atoms with Crippen molar-refractivity contribution in [2.24, 2.45) is 0 Å². The summed E-state index contributed by atoms with van der Waals surface area (Å²) in [5, 5.41) is 7.36. The van der Waals surface area contributed by atoms with E-state index in [0.717, 1.165) is 30.1 Å². The average molecular weight is 349 g/mol. The Morgan fingerprint density at radius 1 is 1.04 bits per heavy atom. The maximum absolute atomic E-state index is 12.2. The molecule has 0 atom stereocenters. The maximum Gasteiger partial charge on any atom is 0.251 e. The number of para-hydroxylation sites is 1. The summed E-state index contributed by atoms with van der Waals surface area (Å²) in [5.41, 5.74) is 2.78. The number of aromatic nitrogens is 2. The normalized spacial score (nSPS) is 10.5. The standard InChI is InChI=1S/C21H23N3O2/c1-16-15-17(2)24(23-16)14-6-13-22-21(25)18-9-11-20(12-10-18)26-19-7-4-3-5-8-19/h3-5,7-12,15H,6,13-14H2,1-2H3,(H,22,25). The Bertz CT molecular complexity index is 855. The second-order valence-corrected chi connectivity index (χ2v) is 6.20. The van der Waals surface area contributed by atoms with Gasteiger partial charge in [-0.15, -0.1) is 0 Å². The summed E-state index contributed by atoms with van der Waals surface area (Å²) in [6, 6.07) is 18.8. The van der Waals surface area contributed by atoms with Crippen LogP contribution in [-0.4, -0.2) is 22.2 Å². The third-order valence-electron chi connectivity index (χ3n) is 4.03. The fourth-order valence-corrected chi connectivity index (χ4v) is 2.73. The summed E-state index contributed by atoms with van der Waals surface area (Å²) in [6.45, 7) is 5.43. The lowest BCUT2D eigenvalue weighted by Crippen LogP contribution is -2.25. The SMILES string of the molecule is Cc1cc(C)n(CCCNC(=O)c2ccc(Oc3ccccc3)cc2)n1. The minimum Gasteiger partial charge on any atom is -0.457 e. The summed E-state index contributed by atoms with van der Waals surface area (Å²) in [6.07, 6.45) is 0.836. The first-order valence-electron chi connectivity index (χ1n) is 8.74. The summed E-state index contributed by atoms with van der Waals surface area (Å²) in [5.74, 6) is 1.40. The van der Waals surface area contributed by atoms with E-state index in [1.165, 1.54) is 0 Å². The van der Waals surface area contributed by atoms with Crippen LogP contribution in [0, 0.1) is 13.8 Å². The maximum atomic E-state index is 12.2. The number of hydrogen-bond donors (Lipinski definition) is 1. The van der Waals surface area contributed by atoms with E-state index in [4.69, 9.17) is 4.74 Å². The zero-order chi connectivity index (χ0) is 18.4. The van der Waals surface area contributed by atoms with Gasteiger partial charge in [0, 0.05) is 24.3 Å². The first-order valence-corrected chi connectivity index (χ1v) is 8.74. The molecule has 0 saturated carbocycles. The van der Waals surface area contributed by atoms with Crippen LogP contribution in [0.4, 0.5) is 0 Å². The molecule has 0 aliphatic carbocycles. The molecule has 0 saturated heterocycles. The van der Waals surface area contributed by atoms with Gasteiger partial charge in [-0.1, -0.05) is 18.2 Å². The highest BCUT2D eigenvalue weighted by Crippen LogP contribution is 2.21. The van der Waals surface area contributed by atoms with E-state index in [9.17, 15) is 4.79 Å². The van der Waals surface area contributed by atoms with Crippen molar-refractivity contribution in [3.63, 3.8) is 0 Å². The number of nitrogens with zero attached hydrogens (tertiary/aromatic N) is 2. The van der Waals surface area contributed by atoms with Gasteiger partial charge in [-0.2, -0.15) is 5.10 Å². The fourth-order valence-electron chi connectivity index (χ4n) is 2.73. The van der Waals surface area contributed by atoms with Crippen LogP contribution >= 0.6 is 0 Å². The molecule has 0 radical (unpaired) electrons. The lowest BCUT2D eigenvalue weighted by molar-refractivity contribution is 0.0952. The van der Waals surface area contributed by atoms with Crippen molar-refractivity contribution in [1.29, 1.82) is 0 Å². The Hall–Kier alpha value is -3.08. The number of ether oxygens (including phenoxy) is 1. The van der Waals surface area contributed by atoms with Gasteiger partial charge in [0.15, 0.2) is 0 Å². The number of carbonyl (C=O) groups excluding carboxylic acids is 1. The van der Waals surface area contributed by atoms with Crippen LogP contribution in [0.25, 0.3) is 0 Å². The molecule has 0 unspecified atom stereocenters. The van der Waals surface area contributed by atoms with Gasteiger partial charge in [0.1, 0.15) is 11.5 Å². The van der Waals surface area contributed by atoms with Gasteiger partial charge in [-0.05, 0) is 62.7 Å². The predicted octanol–water partition coefficient (Wildman–Crippen LogP) is 4.11. The lowest BCUT2D eigenvalue weighted by atomic mass is 10.2. The van der Waals surface area contributed by atoms with Crippen molar-refractivity contribution < 1.29 is 9.53 Å². The number of benzene rings is 2. The molecular weight excluding hydrogens is 326 g/mol. The molecule has 3 rings (SSSR count). The highest BCUT2D eigenvalue weighted by Gasteiger charge is 2.06. The molecule has 134 valence electrons. The molecule has 26 heavy (non-hydrogen) atoms. The van der Waals surface area contributed by atoms with Crippen molar-refractivity contribution in [3.8, 4) is 11.5 Å². The summed E-state index contributed by atoms with van der Waals surface area (Å²) < 4.78 is 7.70. The zero-order valence-electron chi connectivity index (χ0n) is 15.1. The average Bonchev–Trinajstić information content (AvgIpc) is 2.97. The Kier molecular flexibility index (Phi) is 5.69. The van der Waals surface area contributed by atoms with Gasteiger partial charge < -0.3 is 10.1 Å². The van der Waals surface area contributed by atoms with E-state index in [1.807, 2.05) is 48.9 Å².